The van der Waals surface area contributed by atoms with Gasteiger partial charge in [0.2, 0.25) is 17.5 Å². The second kappa shape index (κ2) is 21.2. The highest BCUT2D eigenvalue weighted by atomic mass is 19.1. The average molecular weight is 994 g/mol. The van der Waals surface area contributed by atoms with E-state index in [0.29, 0.717) is 43.5 Å². The van der Waals surface area contributed by atoms with Crippen molar-refractivity contribution in [2.75, 3.05) is 53.7 Å². The van der Waals surface area contributed by atoms with Gasteiger partial charge in [-0.25, -0.2) is 19.5 Å². The summed E-state index contributed by atoms with van der Waals surface area (Å²) in [4.78, 5) is 92.7. The molecule has 18 heteroatoms. The van der Waals surface area contributed by atoms with Gasteiger partial charge in [-0.1, -0.05) is 46.8 Å². The number of rotatable bonds is 10. The molecule has 6 amide bonds. The number of hydrazine groups is 1. The number of pyridine rings is 1. The zero-order valence-corrected chi connectivity index (χ0v) is 43.1. The number of ether oxygens (including phenoxy) is 3. The van der Waals surface area contributed by atoms with Crippen LogP contribution < -0.4 is 10.7 Å². The maximum atomic E-state index is 15.0. The number of imide groups is 1. The van der Waals surface area contributed by atoms with Gasteiger partial charge in [-0.15, -0.1) is 0 Å². The fourth-order valence-corrected chi connectivity index (χ4v) is 11.2. The number of carbonyl (C=O) groups is 6. The maximum Gasteiger partial charge on any atom is 0.329 e. The molecule has 2 aromatic carbocycles. The number of hydrogen-bond donors (Lipinski definition) is 2. The second-order valence-electron chi connectivity index (χ2n) is 21.0. The number of likely N-dealkylation sites (N-methyl/N-ethyl adjacent to an activating group) is 1. The van der Waals surface area contributed by atoms with Gasteiger partial charge in [0.15, 0.2) is 11.3 Å². The Balaban J connectivity index is 1.15. The van der Waals surface area contributed by atoms with E-state index in [1.54, 1.807) is 51.1 Å². The van der Waals surface area contributed by atoms with Crippen LogP contribution in [0.5, 0.6) is 0 Å². The molecule has 72 heavy (non-hydrogen) atoms. The Labute approximate surface area is 421 Å². The number of halogens is 1. The molecule has 2 N–H and O–H groups in total. The number of nitrogens with zero attached hydrogens (tertiary/aromatic N) is 6. The topological polar surface area (TPSA) is 183 Å². The Morgan fingerprint density at radius 2 is 1.83 bits per heavy atom. The molecule has 0 radical (unpaired) electrons. The Morgan fingerprint density at radius 1 is 1.06 bits per heavy atom. The fourth-order valence-electron chi connectivity index (χ4n) is 11.2. The number of amides is 6. The van der Waals surface area contributed by atoms with Gasteiger partial charge >= 0.3 is 12.0 Å². The Bertz CT molecular complexity index is 2660. The molecule has 5 aliphatic rings. The van der Waals surface area contributed by atoms with E-state index >= 15 is 4.39 Å². The standard InChI is InChI=1S/C54H69FN8O9/c1-10-44(64)60-21-18-54(29-60)51(68)62(31-72-54)52(69)59(8)46(32(3)4)48(65)57-42-25-34-22-35(28-55)24-37(23-34)36-16-17-43-39(26-36)40(47(61(43)11-2)38-14-12-19-56-45(38)33(5)70-9)27-53(6,7)30-71-50(67)41-15-13-20-63(58-41)49(42)66/h12,14,16-17,19,22-24,26,32-33,40-42,46,58H,10-11,13,15,18,20-21,25,27-31H2,1-9H3/p+1/t33-,40?,41-,42-,46-,54+/m0/s1. The first kappa shape index (κ1) is 52.2. The smallest absolute Gasteiger partial charge is 0.329 e. The van der Waals surface area contributed by atoms with E-state index in [1.165, 1.54) is 17.0 Å². The van der Waals surface area contributed by atoms with Crippen LogP contribution in [0, 0.1) is 11.3 Å². The Kier molecular flexibility index (Phi) is 15.3. The number of fused-ring (bicyclic) bond motifs is 6. The molecule has 1 unspecified atom stereocenters. The van der Waals surface area contributed by atoms with Crippen LogP contribution in [0.4, 0.5) is 14.9 Å². The second-order valence-corrected chi connectivity index (χ2v) is 21.0. The normalized spacial score (nSPS) is 24.1. The lowest BCUT2D eigenvalue weighted by Gasteiger charge is -2.37. The van der Waals surface area contributed by atoms with Crippen molar-refractivity contribution in [3.8, 4) is 11.1 Å². The predicted octanol–water partition coefficient (Wildman–Crippen LogP) is 5.95. The summed E-state index contributed by atoms with van der Waals surface area (Å²) in [6.45, 7) is 13.7. The van der Waals surface area contributed by atoms with Crippen LogP contribution >= 0.6 is 0 Å². The number of hydrogen-bond acceptors (Lipinski definition) is 11. The van der Waals surface area contributed by atoms with Crippen LogP contribution in [-0.2, 0) is 51.3 Å². The number of likely N-dealkylation sites (tertiary alicyclic amines) is 1. The van der Waals surface area contributed by atoms with Gasteiger partial charge in [-0.3, -0.25) is 34.0 Å². The molecule has 3 saturated heterocycles. The van der Waals surface area contributed by atoms with Crippen molar-refractivity contribution in [3.05, 3.63) is 82.7 Å². The predicted molar refractivity (Wildman–Crippen MR) is 265 cm³/mol. The highest BCUT2D eigenvalue weighted by Gasteiger charge is 2.56. The van der Waals surface area contributed by atoms with Crippen molar-refractivity contribution in [2.24, 2.45) is 11.3 Å². The number of esters is 1. The van der Waals surface area contributed by atoms with E-state index in [1.807, 2.05) is 25.1 Å². The third-order valence-corrected chi connectivity index (χ3v) is 15.0. The van der Waals surface area contributed by atoms with Crippen LogP contribution in [-0.4, -0.2) is 148 Å². The summed E-state index contributed by atoms with van der Waals surface area (Å²) in [5.74, 6) is -3.08. The summed E-state index contributed by atoms with van der Waals surface area (Å²) in [6.07, 6.45) is 3.37. The summed E-state index contributed by atoms with van der Waals surface area (Å²) in [6, 6.07) is 11.6. The maximum absolute atomic E-state index is 15.0. The van der Waals surface area contributed by atoms with Crippen LogP contribution in [0.2, 0.25) is 0 Å². The lowest BCUT2D eigenvalue weighted by atomic mass is 9.77. The number of benzene rings is 2. The van der Waals surface area contributed by atoms with Gasteiger partial charge in [0.1, 0.15) is 38.1 Å². The number of cyclic esters (lactones) is 1. The molecule has 8 rings (SSSR count). The molecule has 0 saturated carbocycles. The minimum Gasteiger partial charge on any atom is -0.464 e. The minimum absolute atomic E-state index is 0.0297. The summed E-state index contributed by atoms with van der Waals surface area (Å²) in [5.41, 5.74) is 8.61. The molecule has 1 spiro atoms. The van der Waals surface area contributed by atoms with E-state index < -0.39 is 71.5 Å². The molecule has 17 nitrogen and oxygen atoms in total. The van der Waals surface area contributed by atoms with Crippen molar-refractivity contribution < 1.29 is 51.9 Å². The summed E-state index contributed by atoms with van der Waals surface area (Å²) < 4.78 is 35.2. The third kappa shape index (κ3) is 10.1. The molecule has 1 aromatic heterocycles. The highest BCUT2D eigenvalue weighted by Crippen LogP contribution is 2.46. The molecule has 3 aromatic rings. The number of nitrogens with one attached hydrogen (secondary N) is 2. The van der Waals surface area contributed by atoms with E-state index in [0.717, 1.165) is 44.2 Å². The number of aromatic nitrogens is 1. The molecular formula is C54H70FN8O9+. The van der Waals surface area contributed by atoms with Crippen molar-refractivity contribution in [1.29, 1.82) is 0 Å². The largest absolute Gasteiger partial charge is 0.464 e. The highest BCUT2D eigenvalue weighted by molar-refractivity contribution is 6.06. The number of urea groups is 1. The summed E-state index contributed by atoms with van der Waals surface area (Å²) in [7, 11) is 3.09. The van der Waals surface area contributed by atoms with Crippen molar-refractivity contribution in [1.82, 2.24) is 35.4 Å². The Morgan fingerprint density at radius 3 is 2.54 bits per heavy atom. The van der Waals surface area contributed by atoms with Gasteiger partial charge in [0, 0.05) is 69.8 Å². The number of methoxy groups -OCH3 is 1. The van der Waals surface area contributed by atoms with Gasteiger partial charge in [0.05, 0.1) is 36.4 Å². The molecular weight excluding hydrogens is 924 g/mol. The molecule has 6 bridgehead atoms. The zero-order chi connectivity index (χ0) is 51.8. The fraction of sp³-hybridized carbons (Fsp3) is 0.556. The van der Waals surface area contributed by atoms with Gasteiger partial charge < -0.3 is 29.3 Å². The first-order chi connectivity index (χ1) is 34.3. The monoisotopic (exact) mass is 994 g/mol. The van der Waals surface area contributed by atoms with E-state index in [-0.39, 0.29) is 63.6 Å². The first-order valence-electron chi connectivity index (χ1n) is 25.3. The summed E-state index contributed by atoms with van der Waals surface area (Å²) in [5, 5.41) is 4.30. The molecule has 5 aliphatic heterocycles. The quantitative estimate of drug-likeness (QED) is 0.181. The van der Waals surface area contributed by atoms with E-state index in [4.69, 9.17) is 19.2 Å². The molecule has 3 fully saturated rings. The average Bonchev–Trinajstić information content (AvgIpc) is 4.05. The lowest BCUT2D eigenvalue weighted by Crippen LogP contribution is -2.62. The molecule has 6 atom stereocenters. The SMILES string of the molecule is CCC(=O)N1CC[C@]2(C1)OCN(C(=O)N(C)[C@H](C(=O)N[C@H]1Cc3cc(CF)cc(c3)-c3ccc4c(c3)C(CC(C)(C)COC(=O)[C@@H]3CCCN(N3)C1=O)C(c1cccnc1[C@H](C)OC)=[N+]4CC)C(C)C)C2=O. The van der Waals surface area contributed by atoms with Gasteiger partial charge in [-0.2, -0.15) is 4.58 Å². The molecule has 0 aliphatic carbocycles. The number of carbonyl (C=O) groups excluding carboxylic acids is 6. The van der Waals surface area contributed by atoms with Crippen LogP contribution in [0.15, 0.2) is 54.7 Å². The van der Waals surface area contributed by atoms with Crippen LogP contribution in [0.1, 0.15) is 121 Å². The van der Waals surface area contributed by atoms with Gasteiger partial charge in [0.25, 0.3) is 11.8 Å². The van der Waals surface area contributed by atoms with Crippen molar-refractivity contribution in [2.45, 2.75) is 129 Å². The summed E-state index contributed by atoms with van der Waals surface area (Å²) >= 11 is 0. The minimum atomic E-state index is -1.36. The van der Waals surface area contributed by atoms with Crippen LogP contribution in [0.25, 0.3) is 11.1 Å². The third-order valence-electron chi connectivity index (χ3n) is 15.0. The number of alkyl halides is 1. The van der Waals surface area contributed by atoms with Gasteiger partial charge in [-0.05, 0) is 91.6 Å². The Hall–Kier alpha value is -6.11. The lowest BCUT2D eigenvalue weighted by molar-refractivity contribution is -0.433. The first-order valence-corrected chi connectivity index (χ1v) is 25.3. The van der Waals surface area contributed by atoms with Crippen molar-refractivity contribution >= 4 is 47.0 Å². The zero-order valence-electron chi connectivity index (χ0n) is 43.1. The van der Waals surface area contributed by atoms with Crippen molar-refractivity contribution in [3.63, 3.8) is 0 Å². The molecule has 6 heterocycles. The van der Waals surface area contributed by atoms with Crippen LogP contribution in [0.3, 0.4) is 0 Å². The van der Waals surface area contributed by atoms with E-state index in [9.17, 15) is 28.8 Å². The van der Waals surface area contributed by atoms with E-state index in [2.05, 4.69) is 54.3 Å². The molecule has 386 valence electrons.